The Kier molecular flexibility index (Phi) is 5.26. The van der Waals surface area contributed by atoms with Gasteiger partial charge in [-0.25, -0.2) is 4.39 Å². The number of hydrogen-bond donors (Lipinski definition) is 1. The van der Waals surface area contributed by atoms with Gasteiger partial charge in [0, 0.05) is 12.2 Å². The molecule has 2 aromatic rings. The molecule has 0 unspecified atom stereocenters. The third kappa shape index (κ3) is 4.01. The molecular weight excluding hydrogens is 303 g/mol. The lowest BCUT2D eigenvalue weighted by Gasteiger charge is -2.36. The Labute approximate surface area is 142 Å². The van der Waals surface area contributed by atoms with Crippen LogP contribution < -0.4 is 5.32 Å². The summed E-state index contributed by atoms with van der Waals surface area (Å²) < 4.78 is 13.1. The smallest absolute Gasteiger partial charge is 0.246 e. The van der Waals surface area contributed by atoms with Crippen LogP contribution in [0.3, 0.4) is 0 Å². The number of likely N-dealkylation sites (tertiary alicyclic amines) is 1. The normalized spacial score (nSPS) is 19.7. The largest absolute Gasteiger partial charge is 0.324 e. The van der Waals surface area contributed by atoms with Crippen molar-refractivity contribution in [1.82, 2.24) is 4.90 Å². The molecule has 1 aliphatic heterocycles. The quantitative estimate of drug-likeness (QED) is 0.911. The summed E-state index contributed by atoms with van der Waals surface area (Å²) in [5.74, 6) is 0.211. The standard InChI is InChI=1S/C20H23FN2O/c1-15-6-5-13-23(14-15)19(16-7-3-2-4-8-16)20(24)22-18-11-9-17(21)10-12-18/h2-4,7-12,15,19H,5-6,13-14H2,1H3,(H,22,24)/t15-,19+/m1/s1. The minimum Gasteiger partial charge on any atom is -0.324 e. The molecule has 1 N–H and O–H groups in total. The van der Waals surface area contributed by atoms with E-state index in [1.54, 1.807) is 12.1 Å². The number of carbonyl (C=O) groups excluding carboxylic acids is 1. The molecule has 3 nitrogen and oxygen atoms in total. The number of amides is 1. The molecule has 0 bridgehead atoms. The summed E-state index contributed by atoms with van der Waals surface area (Å²) in [4.78, 5) is 15.2. The van der Waals surface area contributed by atoms with Gasteiger partial charge in [0.15, 0.2) is 0 Å². The Bertz CT molecular complexity index is 672. The predicted octanol–water partition coefficient (Wildman–Crippen LogP) is 4.24. The van der Waals surface area contributed by atoms with E-state index in [2.05, 4.69) is 17.1 Å². The zero-order chi connectivity index (χ0) is 16.9. The Morgan fingerprint density at radius 2 is 1.88 bits per heavy atom. The molecule has 2 aromatic carbocycles. The average molecular weight is 326 g/mol. The third-order valence-electron chi connectivity index (χ3n) is 4.53. The van der Waals surface area contributed by atoms with Crippen molar-refractivity contribution in [1.29, 1.82) is 0 Å². The van der Waals surface area contributed by atoms with E-state index in [0.29, 0.717) is 11.6 Å². The maximum absolute atomic E-state index is 13.1. The minimum absolute atomic E-state index is 0.0677. The molecule has 0 aliphatic carbocycles. The fraction of sp³-hybridized carbons (Fsp3) is 0.350. The topological polar surface area (TPSA) is 32.3 Å². The van der Waals surface area contributed by atoms with Crippen molar-refractivity contribution in [2.75, 3.05) is 18.4 Å². The molecule has 0 aromatic heterocycles. The highest BCUT2D eigenvalue weighted by molar-refractivity contribution is 5.95. The predicted molar refractivity (Wildman–Crippen MR) is 94.2 cm³/mol. The molecule has 126 valence electrons. The van der Waals surface area contributed by atoms with E-state index in [9.17, 15) is 9.18 Å². The first-order chi connectivity index (χ1) is 11.6. The lowest BCUT2D eigenvalue weighted by Crippen LogP contribution is -2.42. The van der Waals surface area contributed by atoms with Crippen LogP contribution in [0, 0.1) is 11.7 Å². The van der Waals surface area contributed by atoms with Crippen LogP contribution in [-0.2, 0) is 4.79 Å². The molecule has 0 radical (unpaired) electrons. The SMILES string of the molecule is C[C@@H]1CCCN([C@H](C(=O)Nc2ccc(F)cc2)c2ccccc2)C1. The summed E-state index contributed by atoms with van der Waals surface area (Å²) in [6, 6.07) is 15.4. The zero-order valence-electron chi connectivity index (χ0n) is 13.9. The second-order valence-electron chi connectivity index (χ2n) is 6.55. The summed E-state index contributed by atoms with van der Waals surface area (Å²) in [5, 5.41) is 2.93. The zero-order valence-corrected chi connectivity index (χ0v) is 13.9. The van der Waals surface area contributed by atoms with Crippen molar-refractivity contribution in [3.8, 4) is 0 Å². The molecule has 0 spiro atoms. The summed E-state index contributed by atoms with van der Waals surface area (Å²) in [6.45, 7) is 4.06. The molecule has 1 fully saturated rings. The summed E-state index contributed by atoms with van der Waals surface area (Å²) in [6.07, 6.45) is 2.31. The van der Waals surface area contributed by atoms with Gasteiger partial charge in [-0.1, -0.05) is 37.3 Å². The Balaban J connectivity index is 1.83. The Morgan fingerprint density at radius 3 is 2.54 bits per heavy atom. The molecule has 1 aliphatic rings. The number of benzene rings is 2. The van der Waals surface area contributed by atoms with Gasteiger partial charge < -0.3 is 5.32 Å². The molecular formula is C20H23FN2O. The fourth-order valence-corrected chi connectivity index (χ4v) is 3.37. The molecule has 24 heavy (non-hydrogen) atoms. The van der Waals surface area contributed by atoms with Gasteiger partial charge in [0.25, 0.3) is 0 Å². The number of rotatable bonds is 4. The summed E-state index contributed by atoms with van der Waals surface area (Å²) >= 11 is 0. The van der Waals surface area contributed by atoms with Crippen molar-refractivity contribution in [3.63, 3.8) is 0 Å². The number of anilines is 1. The van der Waals surface area contributed by atoms with Gasteiger partial charge in [-0.3, -0.25) is 9.69 Å². The van der Waals surface area contributed by atoms with E-state index in [1.807, 2.05) is 30.3 Å². The number of piperidine rings is 1. The average Bonchev–Trinajstić information content (AvgIpc) is 2.58. The van der Waals surface area contributed by atoms with Crippen LogP contribution in [0.1, 0.15) is 31.4 Å². The van der Waals surface area contributed by atoms with Gasteiger partial charge in [-0.15, -0.1) is 0 Å². The maximum Gasteiger partial charge on any atom is 0.246 e. The number of nitrogens with one attached hydrogen (secondary N) is 1. The fourth-order valence-electron chi connectivity index (χ4n) is 3.37. The van der Waals surface area contributed by atoms with E-state index in [-0.39, 0.29) is 17.8 Å². The summed E-state index contributed by atoms with van der Waals surface area (Å²) in [7, 11) is 0. The van der Waals surface area contributed by atoms with E-state index < -0.39 is 0 Å². The third-order valence-corrected chi connectivity index (χ3v) is 4.53. The van der Waals surface area contributed by atoms with Crippen molar-refractivity contribution >= 4 is 11.6 Å². The lowest BCUT2D eigenvalue weighted by molar-refractivity contribution is -0.122. The van der Waals surface area contributed by atoms with Gasteiger partial charge in [0.1, 0.15) is 11.9 Å². The highest BCUT2D eigenvalue weighted by Crippen LogP contribution is 2.28. The van der Waals surface area contributed by atoms with Crippen molar-refractivity contribution in [2.24, 2.45) is 5.92 Å². The summed E-state index contributed by atoms with van der Waals surface area (Å²) in [5.41, 5.74) is 1.61. The van der Waals surface area contributed by atoms with Crippen LogP contribution in [0.25, 0.3) is 0 Å². The number of nitrogens with zero attached hydrogens (tertiary/aromatic N) is 1. The number of carbonyl (C=O) groups is 1. The van der Waals surface area contributed by atoms with Gasteiger partial charge in [-0.05, 0) is 55.1 Å². The molecule has 3 rings (SSSR count). The van der Waals surface area contributed by atoms with Crippen LogP contribution in [0.5, 0.6) is 0 Å². The highest BCUT2D eigenvalue weighted by atomic mass is 19.1. The number of halogens is 1. The van der Waals surface area contributed by atoms with Gasteiger partial charge >= 0.3 is 0 Å². The van der Waals surface area contributed by atoms with Crippen LogP contribution in [-0.4, -0.2) is 23.9 Å². The molecule has 1 heterocycles. The van der Waals surface area contributed by atoms with Crippen molar-refractivity contribution < 1.29 is 9.18 Å². The monoisotopic (exact) mass is 326 g/mol. The molecule has 0 saturated carbocycles. The van der Waals surface area contributed by atoms with Crippen LogP contribution in [0.4, 0.5) is 10.1 Å². The maximum atomic E-state index is 13.1. The first-order valence-corrected chi connectivity index (χ1v) is 8.49. The molecule has 1 saturated heterocycles. The Hall–Kier alpha value is -2.20. The van der Waals surface area contributed by atoms with Crippen LogP contribution in [0.2, 0.25) is 0 Å². The Morgan fingerprint density at radius 1 is 1.17 bits per heavy atom. The highest BCUT2D eigenvalue weighted by Gasteiger charge is 2.30. The van der Waals surface area contributed by atoms with E-state index in [0.717, 1.165) is 25.1 Å². The van der Waals surface area contributed by atoms with Crippen LogP contribution in [0.15, 0.2) is 54.6 Å². The van der Waals surface area contributed by atoms with E-state index >= 15 is 0 Å². The van der Waals surface area contributed by atoms with Gasteiger partial charge in [-0.2, -0.15) is 0 Å². The van der Waals surface area contributed by atoms with E-state index in [4.69, 9.17) is 0 Å². The first-order valence-electron chi connectivity index (χ1n) is 8.49. The van der Waals surface area contributed by atoms with Crippen molar-refractivity contribution in [2.45, 2.75) is 25.8 Å². The first kappa shape index (κ1) is 16.7. The van der Waals surface area contributed by atoms with Crippen LogP contribution >= 0.6 is 0 Å². The van der Waals surface area contributed by atoms with E-state index in [1.165, 1.54) is 18.6 Å². The molecule has 2 atom stereocenters. The second-order valence-corrected chi connectivity index (χ2v) is 6.55. The van der Waals surface area contributed by atoms with Crippen molar-refractivity contribution in [3.05, 3.63) is 66.0 Å². The molecule has 4 heteroatoms. The van der Waals surface area contributed by atoms with Gasteiger partial charge in [0.05, 0.1) is 0 Å². The molecule has 1 amide bonds. The lowest BCUT2D eigenvalue weighted by atomic mass is 9.95. The number of hydrogen-bond acceptors (Lipinski definition) is 2. The van der Waals surface area contributed by atoms with Gasteiger partial charge in [0.2, 0.25) is 5.91 Å². The minimum atomic E-state index is -0.320. The second kappa shape index (κ2) is 7.58.